The van der Waals surface area contributed by atoms with Crippen LogP contribution in [0.3, 0.4) is 0 Å². The van der Waals surface area contributed by atoms with Crippen molar-refractivity contribution in [1.29, 1.82) is 0 Å². The van der Waals surface area contributed by atoms with Crippen LogP contribution in [0.4, 0.5) is 0 Å². The van der Waals surface area contributed by atoms with Crippen molar-refractivity contribution < 1.29 is 4.79 Å². The van der Waals surface area contributed by atoms with Crippen molar-refractivity contribution in [2.24, 2.45) is 4.99 Å². The van der Waals surface area contributed by atoms with Crippen molar-refractivity contribution >= 4 is 23.2 Å². The summed E-state index contributed by atoms with van der Waals surface area (Å²) < 4.78 is 0. The van der Waals surface area contributed by atoms with Gasteiger partial charge in [-0.3, -0.25) is 4.79 Å². The highest BCUT2D eigenvalue weighted by atomic mass is 32.1. The topological polar surface area (TPSA) is 56.7 Å². The predicted molar refractivity (Wildman–Crippen MR) is 92.2 cm³/mol. The second kappa shape index (κ2) is 8.78. The normalized spacial score (nSPS) is 16.4. The van der Waals surface area contributed by atoms with Crippen molar-refractivity contribution in [2.45, 2.75) is 44.7 Å². The minimum Gasteiger partial charge on any atom is -0.354 e. The molecule has 1 aromatic heterocycles. The SMILES string of the molecule is CN(C)C(=O)CNC(=NCc1ccsc1)NC1CCCCC1. The van der Waals surface area contributed by atoms with Crippen molar-refractivity contribution in [3.05, 3.63) is 22.4 Å². The second-order valence-electron chi connectivity index (χ2n) is 5.92. The lowest BCUT2D eigenvalue weighted by molar-refractivity contribution is -0.127. The molecule has 1 aliphatic carbocycles. The highest BCUT2D eigenvalue weighted by molar-refractivity contribution is 7.07. The van der Waals surface area contributed by atoms with E-state index in [0.717, 1.165) is 5.96 Å². The van der Waals surface area contributed by atoms with E-state index in [0.29, 0.717) is 12.6 Å². The van der Waals surface area contributed by atoms with Crippen LogP contribution in [-0.2, 0) is 11.3 Å². The third kappa shape index (κ3) is 5.67. The van der Waals surface area contributed by atoms with Crippen LogP contribution < -0.4 is 10.6 Å². The van der Waals surface area contributed by atoms with Gasteiger partial charge in [-0.1, -0.05) is 19.3 Å². The summed E-state index contributed by atoms with van der Waals surface area (Å²) >= 11 is 1.68. The molecule has 0 spiro atoms. The molecule has 122 valence electrons. The molecule has 1 amide bonds. The van der Waals surface area contributed by atoms with E-state index < -0.39 is 0 Å². The maximum Gasteiger partial charge on any atom is 0.241 e. The van der Waals surface area contributed by atoms with Crippen LogP contribution in [0, 0.1) is 0 Å². The number of guanidine groups is 1. The van der Waals surface area contributed by atoms with E-state index in [-0.39, 0.29) is 12.5 Å². The first-order valence-corrected chi connectivity index (χ1v) is 8.85. The van der Waals surface area contributed by atoms with Gasteiger partial charge < -0.3 is 15.5 Å². The Hall–Kier alpha value is -1.56. The molecule has 0 atom stereocenters. The first kappa shape index (κ1) is 16.8. The number of nitrogens with zero attached hydrogens (tertiary/aromatic N) is 2. The molecular weight excluding hydrogens is 296 g/mol. The van der Waals surface area contributed by atoms with Crippen LogP contribution >= 0.6 is 11.3 Å². The summed E-state index contributed by atoms with van der Waals surface area (Å²) in [5.41, 5.74) is 1.20. The molecule has 0 aliphatic heterocycles. The average Bonchev–Trinajstić information content (AvgIpc) is 3.04. The Balaban J connectivity index is 1.92. The minimum absolute atomic E-state index is 0.0497. The smallest absolute Gasteiger partial charge is 0.241 e. The lowest BCUT2D eigenvalue weighted by Crippen LogP contribution is -2.47. The third-order valence-corrected chi connectivity index (χ3v) is 4.58. The van der Waals surface area contributed by atoms with Gasteiger partial charge in [-0.2, -0.15) is 11.3 Å². The molecule has 2 rings (SSSR count). The Morgan fingerprint density at radius 3 is 2.77 bits per heavy atom. The average molecular weight is 322 g/mol. The molecule has 1 fully saturated rings. The van der Waals surface area contributed by atoms with Crippen LogP contribution in [0.5, 0.6) is 0 Å². The number of thiophene rings is 1. The van der Waals surface area contributed by atoms with E-state index in [9.17, 15) is 4.79 Å². The van der Waals surface area contributed by atoms with Crippen molar-refractivity contribution in [3.8, 4) is 0 Å². The number of rotatable bonds is 5. The van der Waals surface area contributed by atoms with Crippen LogP contribution in [-0.4, -0.2) is 43.4 Å². The molecule has 22 heavy (non-hydrogen) atoms. The van der Waals surface area contributed by atoms with Gasteiger partial charge in [0.25, 0.3) is 0 Å². The summed E-state index contributed by atoms with van der Waals surface area (Å²) in [4.78, 5) is 18.0. The summed E-state index contributed by atoms with van der Waals surface area (Å²) in [5, 5.41) is 10.8. The molecule has 0 radical (unpaired) electrons. The Labute approximate surface area is 136 Å². The molecule has 5 nitrogen and oxygen atoms in total. The van der Waals surface area contributed by atoms with Gasteiger partial charge in [-0.15, -0.1) is 0 Å². The molecule has 1 aliphatic rings. The molecule has 6 heteroatoms. The standard InChI is InChI=1S/C16H26N4OS/c1-20(2)15(21)11-18-16(17-10-13-8-9-22-12-13)19-14-6-4-3-5-7-14/h8-9,12,14H,3-7,10-11H2,1-2H3,(H2,17,18,19). The second-order valence-corrected chi connectivity index (χ2v) is 6.70. The molecule has 0 saturated heterocycles. The van der Waals surface area contributed by atoms with Gasteiger partial charge in [0, 0.05) is 20.1 Å². The van der Waals surface area contributed by atoms with Crippen molar-refractivity contribution in [1.82, 2.24) is 15.5 Å². The van der Waals surface area contributed by atoms with Gasteiger partial charge in [-0.25, -0.2) is 4.99 Å². The largest absolute Gasteiger partial charge is 0.354 e. The van der Waals surface area contributed by atoms with Crippen LogP contribution in [0.25, 0.3) is 0 Å². The number of hydrogen-bond acceptors (Lipinski definition) is 3. The molecular formula is C16H26N4OS. The van der Waals surface area contributed by atoms with Gasteiger partial charge >= 0.3 is 0 Å². The first-order chi connectivity index (χ1) is 10.6. The number of hydrogen-bond donors (Lipinski definition) is 2. The molecule has 1 aromatic rings. The lowest BCUT2D eigenvalue weighted by atomic mass is 9.96. The van der Waals surface area contributed by atoms with E-state index in [1.807, 2.05) is 0 Å². The molecule has 1 heterocycles. The number of amides is 1. The van der Waals surface area contributed by atoms with Gasteiger partial charge in [0.1, 0.15) is 0 Å². The number of likely N-dealkylation sites (N-methyl/N-ethyl adjacent to an activating group) is 1. The zero-order valence-electron chi connectivity index (χ0n) is 13.5. The maximum absolute atomic E-state index is 11.8. The highest BCUT2D eigenvalue weighted by Crippen LogP contribution is 2.17. The maximum atomic E-state index is 11.8. The monoisotopic (exact) mass is 322 g/mol. The van der Waals surface area contributed by atoms with E-state index in [4.69, 9.17) is 0 Å². The Bertz CT molecular complexity index is 478. The van der Waals surface area contributed by atoms with Gasteiger partial charge in [-0.05, 0) is 35.2 Å². The number of nitrogens with one attached hydrogen (secondary N) is 2. The highest BCUT2D eigenvalue weighted by Gasteiger charge is 2.15. The number of carbonyl (C=O) groups excluding carboxylic acids is 1. The number of carbonyl (C=O) groups is 1. The van der Waals surface area contributed by atoms with Gasteiger partial charge in [0.05, 0.1) is 13.1 Å². The summed E-state index contributed by atoms with van der Waals surface area (Å²) in [7, 11) is 3.53. The quantitative estimate of drug-likeness (QED) is 0.645. The molecule has 0 bridgehead atoms. The third-order valence-electron chi connectivity index (χ3n) is 3.85. The van der Waals surface area contributed by atoms with Crippen molar-refractivity contribution in [3.63, 3.8) is 0 Å². The lowest BCUT2D eigenvalue weighted by Gasteiger charge is -2.25. The molecule has 0 unspecified atom stereocenters. The summed E-state index contributed by atoms with van der Waals surface area (Å²) in [6.45, 7) is 0.914. The fourth-order valence-corrected chi connectivity index (χ4v) is 3.12. The van der Waals surface area contributed by atoms with Gasteiger partial charge in [0.2, 0.25) is 5.91 Å². The zero-order valence-corrected chi connectivity index (χ0v) is 14.3. The Morgan fingerprint density at radius 2 is 2.14 bits per heavy atom. The van der Waals surface area contributed by atoms with E-state index in [2.05, 4.69) is 32.5 Å². The first-order valence-electron chi connectivity index (χ1n) is 7.91. The van der Waals surface area contributed by atoms with Crippen LogP contribution in [0.15, 0.2) is 21.8 Å². The molecule has 1 saturated carbocycles. The van der Waals surface area contributed by atoms with E-state index in [1.165, 1.54) is 37.7 Å². The Kier molecular flexibility index (Phi) is 6.71. The molecule has 0 aromatic carbocycles. The van der Waals surface area contributed by atoms with Crippen LogP contribution in [0.1, 0.15) is 37.7 Å². The minimum atomic E-state index is 0.0497. The van der Waals surface area contributed by atoms with Gasteiger partial charge in [0.15, 0.2) is 5.96 Å². The fraction of sp³-hybridized carbons (Fsp3) is 0.625. The predicted octanol–water partition coefficient (Wildman–Crippen LogP) is 2.20. The zero-order chi connectivity index (χ0) is 15.8. The van der Waals surface area contributed by atoms with Crippen LogP contribution in [0.2, 0.25) is 0 Å². The Morgan fingerprint density at radius 1 is 1.36 bits per heavy atom. The number of aliphatic imine (C=N–C) groups is 1. The van der Waals surface area contributed by atoms with Crippen molar-refractivity contribution in [2.75, 3.05) is 20.6 Å². The summed E-state index contributed by atoms with van der Waals surface area (Å²) in [6, 6.07) is 2.55. The van der Waals surface area contributed by atoms with E-state index in [1.54, 1.807) is 30.3 Å². The van der Waals surface area contributed by atoms with E-state index >= 15 is 0 Å². The molecule has 2 N–H and O–H groups in total. The summed E-state index contributed by atoms with van der Waals surface area (Å²) in [5.74, 6) is 0.793. The summed E-state index contributed by atoms with van der Waals surface area (Å²) in [6.07, 6.45) is 6.23. The fourth-order valence-electron chi connectivity index (χ4n) is 2.46.